The first-order valence-corrected chi connectivity index (χ1v) is 13.3. The molecule has 200 valence electrons. The van der Waals surface area contributed by atoms with Crippen molar-refractivity contribution < 1.29 is 9.53 Å². The Morgan fingerprint density at radius 1 is 1.08 bits per heavy atom. The van der Waals surface area contributed by atoms with Gasteiger partial charge in [-0.15, -0.1) is 0 Å². The van der Waals surface area contributed by atoms with Crippen LogP contribution in [0.15, 0.2) is 73.1 Å². The summed E-state index contributed by atoms with van der Waals surface area (Å²) in [6, 6.07) is 19.2. The molecule has 1 aromatic carbocycles. The molecule has 2 N–H and O–H groups in total. The van der Waals surface area contributed by atoms with Crippen LogP contribution in [0.3, 0.4) is 0 Å². The molecule has 39 heavy (non-hydrogen) atoms. The Bertz CT molecular complexity index is 1490. The van der Waals surface area contributed by atoms with E-state index in [0.29, 0.717) is 23.1 Å². The summed E-state index contributed by atoms with van der Waals surface area (Å²) >= 11 is 5.82. The van der Waals surface area contributed by atoms with Crippen molar-refractivity contribution in [2.75, 3.05) is 19.0 Å². The molecule has 1 fully saturated rings. The monoisotopic (exact) mass is 540 g/mol. The average molecular weight is 541 g/mol. The topological polar surface area (TPSA) is 84.3 Å². The Labute approximate surface area is 234 Å². The lowest BCUT2D eigenvalue weighted by atomic mass is 9.96. The Morgan fingerprint density at radius 3 is 2.59 bits per heavy atom. The molecule has 0 spiro atoms. The highest BCUT2D eigenvalue weighted by Gasteiger charge is 2.41. The molecule has 3 aromatic heterocycles. The molecule has 4 aromatic rings. The van der Waals surface area contributed by atoms with Crippen LogP contribution in [-0.4, -0.2) is 44.1 Å². The largest absolute Gasteiger partial charge is 0.495 e. The van der Waals surface area contributed by atoms with Gasteiger partial charge in [0.1, 0.15) is 11.6 Å². The van der Waals surface area contributed by atoms with E-state index in [2.05, 4.69) is 56.0 Å². The first-order chi connectivity index (χ1) is 18.9. The number of pyridine rings is 2. The van der Waals surface area contributed by atoms with Gasteiger partial charge in [0.05, 0.1) is 30.6 Å². The highest BCUT2D eigenvalue weighted by Crippen LogP contribution is 2.41. The lowest BCUT2D eigenvalue weighted by Crippen LogP contribution is -2.33. The molecular formula is C30H32N6O2S. The fraction of sp³-hybridized carbons (Fsp3) is 0.267. The van der Waals surface area contributed by atoms with Crippen LogP contribution in [0.5, 0.6) is 5.75 Å². The minimum atomic E-state index is -0.170. The molecule has 0 unspecified atom stereocenters. The zero-order chi connectivity index (χ0) is 27.5. The number of ether oxygens (including phenoxy) is 1. The van der Waals surface area contributed by atoms with Gasteiger partial charge in [0, 0.05) is 36.7 Å². The minimum absolute atomic E-state index is 0.114. The maximum Gasteiger partial charge on any atom is 0.226 e. The minimum Gasteiger partial charge on any atom is -0.495 e. The number of aromatic nitrogens is 3. The molecule has 0 bridgehead atoms. The normalized spacial score (nSPS) is 16.7. The predicted octanol–water partition coefficient (Wildman–Crippen LogP) is 5.20. The second kappa shape index (κ2) is 11.2. The summed E-state index contributed by atoms with van der Waals surface area (Å²) in [6.07, 6.45) is 3.92. The fourth-order valence-corrected chi connectivity index (χ4v) is 5.53. The maximum atomic E-state index is 13.0. The van der Waals surface area contributed by atoms with Crippen molar-refractivity contribution in [1.29, 1.82) is 0 Å². The van der Waals surface area contributed by atoms with Crippen LogP contribution in [-0.2, 0) is 4.79 Å². The molecule has 5 rings (SSSR count). The molecule has 0 saturated carbocycles. The number of rotatable bonds is 8. The Hall–Kier alpha value is -4.24. The molecular weight excluding hydrogens is 508 g/mol. The molecule has 0 aliphatic carbocycles. The van der Waals surface area contributed by atoms with Crippen LogP contribution < -0.4 is 15.4 Å². The highest BCUT2D eigenvalue weighted by molar-refractivity contribution is 7.80. The Kier molecular flexibility index (Phi) is 7.60. The van der Waals surface area contributed by atoms with Crippen molar-refractivity contribution in [3.05, 3.63) is 101 Å². The average Bonchev–Trinajstić information content (AvgIpc) is 3.43. The lowest BCUT2D eigenvalue weighted by Gasteiger charge is -2.28. The van der Waals surface area contributed by atoms with E-state index >= 15 is 0 Å². The summed E-state index contributed by atoms with van der Waals surface area (Å²) in [6.45, 7) is 6.65. The number of carbonyl (C=O) groups is 1. The molecule has 1 aliphatic rings. The van der Waals surface area contributed by atoms with Crippen molar-refractivity contribution in [2.24, 2.45) is 0 Å². The van der Waals surface area contributed by atoms with E-state index in [0.717, 1.165) is 34.0 Å². The number of anilines is 1. The first-order valence-electron chi connectivity index (χ1n) is 12.9. The number of carbonyl (C=O) groups excluding carboxylic acids is 1. The summed E-state index contributed by atoms with van der Waals surface area (Å²) in [5, 5.41) is 7.05. The summed E-state index contributed by atoms with van der Waals surface area (Å²) < 4.78 is 7.54. The zero-order valence-electron chi connectivity index (χ0n) is 22.5. The van der Waals surface area contributed by atoms with Crippen LogP contribution in [0.1, 0.15) is 46.7 Å². The third-order valence-electron chi connectivity index (χ3n) is 7.07. The van der Waals surface area contributed by atoms with E-state index in [-0.39, 0.29) is 24.4 Å². The number of amides is 1. The van der Waals surface area contributed by atoms with Gasteiger partial charge in [0.15, 0.2) is 5.11 Å². The smallest absolute Gasteiger partial charge is 0.226 e. The number of benzene rings is 1. The van der Waals surface area contributed by atoms with Crippen molar-refractivity contribution in [3.63, 3.8) is 0 Å². The Balaban J connectivity index is 1.46. The van der Waals surface area contributed by atoms with Crippen LogP contribution in [0.25, 0.3) is 5.82 Å². The van der Waals surface area contributed by atoms with Gasteiger partial charge in [0.25, 0.3) is 0 Å². The number of methoxy groups -OCH3 is 1. The third-order valence-corrected chi connectivity index (χ3v) is 7.42. The van der Waals surface area contributed by atoms with E-state index in [1.54, 1.807) is 13.3 Å². The number of para-hydroxylation sites is 2. The first kappa shape index (κ1) is 26.4. The molecule has 2 atom stereocenters. The van der Waals surface area contributed by atoms with Gasteiger partial charge in [-0.25, -0.2) is 4.98 Å². The molecule has 1 saturated heterocycles. The zero-order valence-corrected chi connectivity index (χ0v) is 23.3. The predicted molar refractivity (Wildman–Crippen MR) is 156 cm³/mol. The molecule has 1 amide bonds. The summed E-state index contributed by atoms with van der Waals surface area (Å²) in [7, 11) is 1.59. The lowest BCUT2D eigenvalue weighted by molar-refractivity contribution is -0.116. The van der Waals surface area contributed by atoms with E-state index in [9.17, 15) is 4.79 Å². The number of nitrogens with zero attached hydrogens (tertiary/aromatic N) is 4. The van der Waals surface area contributed by atoms with Gasteiger partial charge in [-0.3, -0.25) is 9.78 Å². The van der Waals surface area contributed by atoms with E-state index in [1.165, 1.54) is 0 Å². The molecule has 1 aliphatic heterocycles. The standard InChI is InChI=1S/C30H32N6O2S/c1-19-12-13-26(32-18-19)36-20(2)17-22(21(36)3)29-28(24-10-7-8-15-31-24)34-30(39)35(29)16-14-27(37)33-23-9-5-6-11-25(23)38-4/h5-13,15,17-18,28-29H,14,16H2,1-4H3,(H,33,37)(H,34,39)/t28-,29-/m0/s1. The second-order valence-corrected chi connectivity index (χ2v) is 10.1. The van der Waals surface area contributed by atoms with Crippen LogP contribution in [0.2, 0.25) is 0 Å². The number of nitrogens with one attached hydrogen (secondary N) is 2. The van der Waals surface area contributed by atoms with E-state index in [4.69, 9.17) is 17.0 Å². The van der Waals surface area contributed by atoms with Gasteiger partial charge in [-0.2, -0.15) is 0 Å². The van der Waals surface area contributed by atoms with E-state index in [1.807, 2.05) is 61.7 Å². The number of hydrogen-bond donors (Lipinski definition) is 2. The summed E-state index contributed by atoms with van der Waals surface area (Å²) in [5.74, 6) is 1.37. The second-order valence-electron chi connectivity index (χ2n) is 9.67. The van der Waals surface area contributed by atoms with Crippen LogP contribution in [0.4, 0.5) is 5.69 Å². The SMILES string of the molecule is COc1ccccc1NC(=O)CCN1C(=S)N[C@@H](c2ccccn2)[C@@H]1c1cc(C)n(-c2ccc(C)cn2)c1C. The summed E-state index contributed by atoms with van der Waals surface area (Å²) in [5.41, 5.74) is 5.91. The van der Waals surface area contributed by atoms with E-state index < -0.39 is 0 Å². The number of aryl methyl sites for hydroxylation is 2. The number of hydrogen-bond acceptors (Lipinski definition) is 5. The van der Waals surface area contributed by atoms with Crippen molar-refractivity contribution in [3.8, 4) is 11.6 Å². The van der Waals surface area contributed by atoms with Gasteiger partial charge < -0.3 is 24.8 Å². The van der Waals surface area contributed by atoms with Gasteiger partial charge in [-0.1, -0.05) is 24.3 Å². The van der Waals surface area contributed by atoms with Crippen molar-refractivity contribution in [1.82, 2.24) is 24.8 Å². The third kappa shape index (κ3) is 5.35. The number of thiocarbonyl (C=S) groups is 1. The van der Waals surface area contributed by atoms with Crippen LogP contribution >= 0.6 is 12.2 Å². The maximum absolute atomic E-state index is 13.0. The van der Waals surface area contributed by atoms with Gasteiger partial charge >= 0.3 is 0 Å². The van der Waals surface area contributed by atoms with Crippen molar-refractivity contribution in [2.45, 2.75) is 39.3 Å². The highest BCUT2D eigenvalue weighted by atomic mass is 32.1. The Morgan fingerprint density at radius 2 is 1.87 bits per heavy atom. The van der Waals surface area contributed by atoms with Gasteiger partial charge in [0.2, 0.25) is 5.91 Å². The molecule has 4 heterocycles. The van der Waals surface area contributed by atoms with Gasteiger partial charge in [-0.05, 0) is 80.5 Å². The summed E-state index contributed by atoms with van der Waals surface area (Å²) in [4.78, 5) is 24.4. The fourth-order valence-electron chi connectivity index (χ4n) is 5.20. The quantitative estimate of drug-likeness (QED) is 0.297. The molecule has 0 radical (unpaired) electrons. The molecule has 9 heteroatoms. The van der Waals surface area contributed by atoms with Crippen LogP contribution in [0, 0.1) is 20.8 Å². The molecule has 8 nitrogen and oxygen atoms in total. The van der Waals surface area contributed by atoms with Crippen molar-refractivity contribution >= 4 is 28.9 Å².